The molecular weight excluding hydrogens is 494 g/mol. The minimum absolute atomic E-state index is 0.0337. The van der Waals surface area contributed by atoms with Crippen LogP contribution in [0.5, 0.6) is 0 Å². The molecule has 2 fully saturated rings. The summed E-state index contributed by atoms with van der Waals surface area (Å²) in [6.07, 6.45) is 1.85. The van der Waals surface area contributed by atoms with Crippen LogP contribution in [-0.4, -0.2) is 47.8 Å². The third-order valence-corrected chi connectivity index (χ3v) is 6.73. The van der Waals surface area contributed by atoms with E-state index in [0.29, 0.717) is 35.1 Å². The standard InChI is InChI=1S/C25H23F4N5O3/c26-17-2-1-3-18(27)21(17)22-16(23(37-32-22)14-4-5-14)11-35-19-8-9-34(12-25(19,28)29)20-7-6-15(10-30-20)24-31-13-36-33-24/h1-3,6-7,10,14,19H,4-5,8-9,11-13H2,(H,31,33). The number of halogens is 4. The van der Waals surface area contributed by atoms with Crippen molar-refractivity contribution in [2.75, 3.05) is 24.7 Å². The Balaban J connectivity index is 1.17. The highest BCUT2D eigenvalue weighted by Gasteiger charge is 2.46. The predicted octanol–water partition coefficient (Wildman–Crippen LogP) is 4.56. The quantitative estimate of drug-likeness (QED) is 0.460. The molecule has 0 bridgehead atoms. The normalized spacial score (nSPS) is 20.9. The van der Waals surface area contributed by atoms with E-state index < -0.39 is 30.2 Å². The maximum Gasteiger partial charge on any atom is 0.290 e. The first-order valence-electron chi connectivity index (χ1n) is 12.0. The SMILES string of the molecule is Fc1cccc(F)c1-c1noc(C2CC2)c1COC1CCN(c2ccc(C3=NOCN3)cn2)CC1(F)F. The highest BCUT2D eigenvalue weighted by atomic mass is 19.3. The number of anilines is 1. The Hall–Kier alpha value is -3.67. The van der Waals surface area contributed by atoms with Gasteiger partial charge in [0.2, 0.25) is 0 Å². The third-order valence-electron chi connectivity index (χ3n) is 6.73. The zero-order chi connectivity index (χ0) is 25.6. The Labute approximate surface area is 209 Å². The summed E-state index contributed by atoms with van der Waals surface area (Å²) in [5.74, 6) is -3.38. The summed E-state index contributed by atoms with van der Waals surface area (Å²) in [5.41, 5.74) is 0.607. The Bertz CT molecular complexity index is 1310. The maximum atomic E-state index is 15.2. The van der Waals surface area contributed by atoms with E-state index in [0.717, 1.165) is 25.0 Å². The highest BCUT2D eigenvalue weighted by molar-refractivity contribution is 5.98. The minimum atomic E-state index is -3.19. The van der Waals surface area contributed by atoms with Gasteiger partial charge in [-0.25, -0.2) is 22.5 Å². The van der Waals surface area contributed by atoms with E-state index >= 15 is 8.78 Å². The molecule has 6 rings (SSSR count). The van der Waals surface area contributed by atoms with Crippen LogP contribution < -0.4 is 10.2 Å². The molecule has 8 nitrogen and oxygen atoms in total. The Kier molecular flexibility index (Phi) is 5.98. The van der Waals surface area contributed by atoms with Gasteiger partial charge >= 0.3 is 0 Å². The molecule has 1 aromatic carbocycles. The van der Waals surface area contributed by atoms with E-state index in [2.05, 4.69) is 20.6 Å². The van der Waals surface area contributed by atoms with Gasteiger partial charge in [0.05, 0.1) is 18.7 Å². The van der Waals surface area contributed by atoms with Crippen molar-refractivity contribution in [2.45, 2.75) is 43.8 Å². The summed E-state index contributed by atoms with van der Waals surface area (Å²) in [7, 11) is 0. The lowest BCUT2D eigenvalue weighted by Gasteiger charge is -2.38. The fourth-order valence-electron chi connectivity index (χ4n) is 4.65. The molecule has 4 heterocycles. The molecule has 1 saturated carbocycles. The Morgan fingerprint density at radius 1 is 1.11 bits per heavy atom. The van der Waals surface area contributed by atoms with Crippen molar-refractivity contribution in [3.05, 3.63) is 65.1 Å². The average Bonchev–Trinajstić information content (AvgIpc) is 3.40. The Morgan fingerprint density at radius 2 is 1.92 bits per heavy atom. The highest BCUT2D eigenvalue weighted by Crippen LogP contribution is 2.45. The van der Waals surface area contributed by atoms with Gasteiger partial charge < -0.3 is 24.3 Å². The van der Waals surface area contributed by atoms with Crippen molar-refractivity contribution < 1.29 is 31.7 Å². The maximum absolute atomic E-state index is 15.2. The van der Waals surface area contributed by atoms with E-state index in [1.165, 1.54) is 11.0 Å². The van der Waals surface area contributed by atoms with Crippen LogP contribution in [0.2, 0.25) is 0 Å². The van der Waals surface area contributed by atoms with Crippen LogP contribution >= 0.6 is 0 Å². The van der Waals surface area contributed by atoms with Crippen molar-refractivity contribution in [2.24, 2.45) is 5.16 Å². The first-order valence-corrected chi connectivity index (χ1v) is 12.0. The van der Waals surface area contributed by atoms with Crippen molar-refractivity contribution >= 4 is 11.7 Å². The largest absolute Gasteiger partial charge is 0.372 e. The number of oxime groups is 1. The molecule has 2 aliphatic heterocycles. The number of hydrogen-bond donors (Lipinski definition) is 1. The van der Waals surface area contributed by atoms with Gasteiger partial charge in [0.1, 0.15) is 35.0 Å². The summed E-state index contributed by atoms with van der Waals surface area (Å²) in [4.78, 5) is 10.7. The molecule has 1 N–H and O–H groups in total. The van der Waals surface area contributed by atoms with Crippen LogP contribution in [0.4, 0.5) is 23.4 Å². The number of benzene rings is 1. The summed E-state index contributed by atoms with van der Waals surface area (Å²) in [5, 5.41) is 10.7. The monoisotopic (exact) mass is 517 g/mol. The molecule has 0 amide bonds. The average molecular weight is 517 g/mol. The van der Waals surface area contributed by atoms with Crippen LogP contribution in [0, 0.1) is 11.6 Å². The van der Waals surface area contributed by atoms with Crippen molar-refractivity contribution in [3.8, 4) is 11.3 Å². The number of alkyl halides is 2. The van der Waals surface area contributed by atoms with Gasteiger partial charge in [-0.2, -0.15) is 0 Å². The molecule has 1 saturated heterocycles. The van der Waals surface area contributed by atoms with E-state index in [1.807, 2.05) is 0 Å². The first-order chi connectivity index (χ1) is 17.9. The van der Waals surface area contributed by atoms with Gasteiger partial charge in [-0.15, -0.1) is 0 Å². The van der Waals surface area contributed by atoms with Crippen LogP contribution in [0.25, 0.3) is 11.3 Å². The van der Waals surface area contributed by atoms with Gasteiger partial charge in [0, 0.05) is 29.8 Å². The number of ether oxygens (including phenoxy) is 1. The number of aromatic nitrogens is 2. The number of hydrogen-bond acceptors (Lipinski definition) is 8. The van der Waals surface area contributed by atoms with Crippen molar-refractivity contribution in [3.63, 3.8) is 0 Å². The Morgan fingerprint density at radius 3 is 2.57 bits per heavy atom. The molecule has 0 radical (unpaired) electrons. The second kappa shape index (κ2) is 9.33. The smallest absolute Gasteiger partial charge is 0.290 e. The summed E-state index contributed by atoms with van der Waals surface area (Å²) in [6, 6.07) is 6.87. The third kappa shape index (κ3) is 4.61. The number of nitrogens with one attached hydrogen (secondary N) is 1. The second-order valence-corrected chi connectivity index (χ2v) is 9.31. The minimum Gasteiger partial charge on any atom is -0.372 e. The van der Waals surface area contributed by atoms with Crippen LogP contribution in [0.1, 0.15) is 42.1 Å². The van der Waals surface area contributed by atoms with Gasteiger partial charge in [0.15, 0.2) is 12.6 Å². The van der Waals surface area contributed by atoms with Crippen LogP contribution in [-0.2, 0) is 16.2 Å². The summed E-state index contributed by atoms with van der Waals surface area (Å²) >= 11 is 0. The van der Waals surface area contributed by atoms with E-state index in [1.54, 1.807) is 18.3 Å². The topological polar surface area (TPSA) is 85.0 Å². The molecule has 1 unspecified atom stereocenters. The molecular formula is C25H23F4N5O3. The second-order valence-electron chi connectivity index (χ2n) is 9.31. The lowest BCUT2D eigenvalue weighted by Crippen LogP contribution is -2.52. The van der Waals surface area contributed by atoms with Crippen molar-refractivity contribution in [1.82, 2.24) is 15.5 Å². The predicted molar refractivity (Wildman–Crippen MR) is 124 cm³/mol. The molecule has 3 aromatic rings. The van der Waals surface area contributed by atoms with Gasteiger partial charge in [0.25, 0.3) is 5.92 Å². The van der Waals surface area contributed by atoms with Gasteiger partial charge in [-0.05, 0) is 43.5 Å². The summed E-state index contributed by atoms with van der Waals surface area (Å²) in [6.45, 7) is -0.309. The van der Waals surface area contributed by atoms with E-state index in [-0.39, 0.29) is 36.9 Å². The molecule has 1 atom stereocenters. The van der Waals surface area contributed by atoms with E-state index in [9.17, 15) is 8.78 Å². The van der Waals surface area contributed by atoms with E-state index in [4.69, 9.17) is 14.1 Å². The number of rotatable bonds is 7. The molecule has 2 aromatic heterocycles. The molecule has 194 valence electrons. The molecule has 37 heavy (non-hydrogen) atoms. The van der Waals surface area contributed by atoms with Crippen LogP contribution in [0.3, 0.4) is 0 Å². The van der Waals surface area contributed by atoms with Crippen molar-refractivity contribution in [1.29, 1.82) is 0 Å². The molecule has 1 aliphatic carbocycles. The van der Waals surface area contributed by atoms with Gasteiger partial charge in [-0.3, -0.25) is 0 Å². The number of nitrogens with zero attached hydrogens (tertiary/aromatic N) is 4. The fraction of sp³-hybridized carbons (Fsp3) is 0.400. The lowest BCUT2D eigenvalue weighted by atomic mass is 10.0. The van der Waals surface area contributed by atoms with Gasteiger partial charge in [-0.1, -0.05) is 16.4 Å². The zero-order valence-electron chi connectivity index (χ0n) is 19.6. The number of pyridine rings is 1. The molecule has 3 aliphatic rings. The molecule has 12 heteroatoms. The zero-order valence-corrected chi connectivity index (χ0v) is 19.6. The lowest BCUT2D eigenvalue weighted by molar-refractivity contribution is -0.148. The number of piperidine rings is 1. The fourth-order valence-corrected chi connectivity index (χ4v) is 4.65. The molecule has 0 spiro atoms. The first kappa shape index (κ1) is 23.7. The number of amidine groups is 1. The summed E-state index contributed by atoms with van der Waals surface area (Å²) < 4.78 is 70.4. The van der Waals surface area contributed by atoms with Crippen LogP contribution in [0.15, 0.2) is 46.2 Å².